The van der Waals surface area contributed by atoms with Crippen LogP contribution in [-0.4, -0.2) is 32.0 Å². The van der Waals surface area contributed by atoms with Gasteiger partial charge in [0.15, 0.2) is 17.5 Å². The van der Waals surface area contributed by atoms with Crippen molar-refractivity contribution in [3.8, 4) is 23.0 Å². The second-order valence-corrected chi connectivity index (χ2v) is 5.46. The number of phenols is 1. The zero-order valence-electron chi connectivity index (χ0n) is 14.2. The van der Waals surface area contributed by atoms with Crippen LogP contribution in [-0.2, 0) is 13.1 Å². The predicted octanol–water partition coefficient (Wildman–Crippen LogP) is 1.99. The summed E-state index contributed by atoms with van der Waals surface area (Å²) in [5, 5.41) is 16.3. The molecule has 0 amide bonds. The maximum atomic E-state index is 9.93. The monoisotopic (exact) mass is 343 g/mol. The quantitative estimate of drug-likeness (QED) is 0.569. The molecule has 25 heavy (non-hydrogen) atoms. The van der Waals surface area contributed by atoms with E-state index in [1.807, 2.05) is 18.2 Å². The molecule has 7 heteroatoms. The maximum Gasteiger partial charge on any atom is 0.231 e. The summed E-state index contributed by atoms with van der Waals surface area (Å²) in [6, 6.07) is 10.9. The average Bonchev–Trinajstić information content (AvgIpc) is 3.11. The highest BCUT2D eigenvalue weighted by atomic mass is 16.7. The summed E-state index contributed by atoms with van der Waals surface area (Å²) in [5.74, 6) is 3.04. The molecule has 3 N–H and O–H groups in total. The van der Waals surface area contributed by atoms with Crippen LogP contribution in [0.3, 0.4) is 0 Å². The van der Waals surface area contributed by atoms with Gasteiger partial charge in [0, 0.05) is 25.7 Å². The van der Waals surface area contributed by atoms with Crippen molar-refractivity contribution in [3.05, 3.63) is 47.5 Å². The van der Waals surface area contributed by atoms with Crippen LogP contribution >= 0.6 is 0 Å². The third kappa shape index (κ3) is 4.06. The Hall–Kier alpha value is -3.09. The number of rotatable bonds is 5. The lowest BCUT2D eigenvalue weighted by molar-refractivity contribution is 0.174. The van der Waals surface area contributed by atoms with E-state index in [0.717, 1.165) is 22.6 Å². The van der Waals surface area contributed by atoms with Gasteiger partial charge in [0.05, 0.1) is 7.11 Å². The maximum absolute atomic E-state index is 9.93. The SMILES string of the molecule is CN=C(NCc1ccc2c(c1)OCO2)NCc1cc(OC)ccc1O. The molecule has 0 bridgehead atoms. The number of aliphatic imine (C=N–C) groups is 1. The Morgan fingerprint density at radius 2 is 1.92 bits per heavy atom. The number of ether oxygens (including phenoxy) is 3. The standard InChI is InChI=1S/C18H21N3O4/c1-19-18(21-10-13-8-14(23-2)4-5-15(13)22)20-9-12-3-6-16-17(7-12)25-11-24-16/h3-8,22H,9-11H2,1-2H3,(H2,19,20,21). The highest BCUT2D eigenvalue weighted by Gasteiger charge is 2.13. The van der Waals surface area contributed by atoms with E-state index >= 15 is 0 Å². The van der Waals surface area contributed by atoms with Crippen LogP contribution in [0.25, 0.3) is 0 Å². The van der Waals surface area contributed by atoms with E-state index < -0.39 is 0 Å². The molecule has 0 saturated heterocycles. The number of methoxy groups -OCH3 is 1. The Balaban J connectivity index is 1.56. The van der Waals surface area contributed by atoms with Gasteiger partial charge < -0.3 is 30.0 Å². The van der Waals surface area contributed by atoms with Crippen molar-refractivity contribution in [2.24, 2.45) is 4.99 Å². The van der Waals surface area contributed by atoms with Crippen LogP contribution in [0.4, 0.5) is 0 Å². The Morgan fingerprint density at radius 3 is 2.72 bits per heavy atom. The number of nitrogens with one attached hydrogen (secondary N) is 2. The third-order valence-electron chi connectivity index (χ3n) is 3.85. The summed E-state index contributed by atoms with van der Waals surface area (Å²) in [7, 11) is 3.29. The molecule has 3 rings (SSSR count). The molecule has 0 atom stereocenters. The molecule has 0 unspecified atom stereocenters. The normalized spacial score (nSPS) is 12.8. The summed E-state index contributed by atoms with van der Waals surface area (Å²) in [6.07, 6.45) is 0. The molecule has 0 aromatic heterocycles. The predicted molar refractivity (Wildman–Crippen MR) is 94.3 cm³/mol. The summed E-state index contributed by atoms with van der Waals surface area (Å²) in [5.41, 5.74) is 1.78. The molecule has 1 aliphatic heterocycles. The number of fused-ring (bicyclic) bond motifs is 1. The number of guanidine groups is 1. The molecular weight excluding hydrogens is 322 g/mol. The molecule has 2 aromatic rings. The molecule has 7 nitrogen and oxygen atoms in total. The zero-order valence-corrected chi connectivity index (χ0v) is 14.2. The van der Waals surface area contributed by atoms with Gasteiger partial charge in [-0.3, -0.25) is 4.99 Å². The van der Waals surface area contributed by atoms with Crippen molar-refractivity contribution in [2.75, 3.05) is 21.0 Å². The molecule has 1 heterocycles. The van der Waals surface area contributed by atoms with E-state index in [1.54, 1.807) is 32.4 Å². The van der Waals surface area contributed by atoms with E-state index in [9.17, 15) is 5.11 Å². The van der Waals surface area contributed by atoms with Crippen LogP contribution < -0.4 is 24.8 Å². The van der Waals surface area contributed by atoms with Gasteiger partial charge in [-0.2, -0.15) is 0 Å². The van der Waals surface area contributed by atoms with Crippen molar-refractivity contribution in [2.45, 2.75) is 13.1 Å². The molecule has 1 aliphatic rings. The second-order valence-electron chi connectivity index (χ2n) is 5.46. The second kappa shape index (κ2) is 7.65. The first-order valence-corrected chi connectivity index (χ1v) is 7.88. The Bertz CT molecular complexity index is 777. The fourth-order valence-corrected chi connectivity index (χ4v) is 2.47. The van der Waals surface area contributed by atoms with E-state index in [-0.39, 0.29) is 12.5 Å². The molecule has 0 saturated carbocycles. The lowest BCUT2D eigenvalue weighted by Crippen LogP contribution is -2.36. The minimum Gasteiger partial charge on any atom is -0.508 e. The molecule has 2 aromatic carbocycles. The zero-order chi connectivity index (χ0) is 17.6. The minimum atomic E-state index is 0.208. The Labute approximate surface area is 146 Å². The Kier molecular flexibility index (Phi) is 5.13. The van der Waals surface area contributed by atoms with Gasteiger partial charge in [-0.25, -0.2) is 0 Å². The first kappa shape index (κ1) is 16.8. The fraction of sp³-hybridized carbons (Fsp3) is 0.278. The van der Waals surface area contributed by atoms with Crippen LogP contribution in [0.15, 0.2) is 41.4 Å². The van der Waals surface area contributed by atoms with Gasteiger partial charge in [-0.05, 0) is 35.9 Å². The van der Waals surface area contributed by atoms with Crippen molar-refractivity contribution < 1.29 is 19.3 Å². The van der Waals surface area contributed by atoms with Crippen molar-refractivity contribution >= 4 is 5.96 Å². The number of nitrogens with zero attached hydrogens (tertiary/aromatic N) is 1. The number of phenolic OH excluding ortho intramolecular Hbond substituents is 1. The average molecular weight is 343 g/mol. The lowest BCUT2D eigenvalue weighted by Gasteiger charge is -2.13. The van der Waals surface area contributed by atoms with Crippen LogP contribution in [0.2, 0.25) is 0 Å². The first-order chi connectivity index (χ1) is 12.2. The van der Waals surface area contributed by atoms with E-state index in [0.29, 0.717) is 24.8 Å². The Morgan fingerprint density at radius 1 is 1.12 bits per heavy atom. The largest absolute Gasteiger partial charge is 0.508 e. The van der Waals surface area contributed by atoms with Gasteiger partial charge in [-0.15, -0.1) is 0 Å². The summed E-state index contributed by atoms with van der Waals surface area (Å²) in [6.45, 7) is 1.27. The van der Waals surface area contributed by atoms with Gasteiger partial charge in [0.2, 0.25) is 6.79 Å². The summed E-state index contributed by atoms with van der Waals surface area (Å²) < 4.78 is 15.9. The molecule has 0 fully saturated rings. The van der Waals surface area contributed by atoms with Crippen molar-refractivity contribution in [3.63, 3.8) is 0 Å². The number of benzene rings is 2. The van der Waals surface area contributed by atoms with Crippen LogP contribution in [0.5, 0.6) is 23.0 Å². The summed E-state index contributed by atoms with van der Waals surface area (Å²) in [4.78, 5) is 4.19. The van der Waals surface area contributed by atoms with Gasteiger partial charge in [0.1, 0.15) is 11.5 Å². The first-order valence-electron chi connectivity index (χ1n) is 7.88. The number of hydrogen-bond acceptors (Lipinski definition) is 5. The van der Waals surface area contributed by atoms with E-state index in [4.69, 9.17) is 14.2 Å². The molecule has 0 radical (unpaired) electrons. The van der Waals surface area contributed by atoms with Crippen LogP contribution in [0, 0.1) is 0 Å². The van der Waals surface area contributed by atoms with Crippen LogP contribution in [0.1, 0.15) is 11.1 Å². The third-order valence-corrected chi connectivity index (χ3v) is 3.85. The van der Waals surface area contributed by atoms with Crippen molar-refractivity contribution in [1.29, 1.82) is 0 Å². The highest BCUT2D eigenvalue weighted by molar-refractivity contribution is 5.79. The minimum absolute atomic E-state index is 0.208. The van der Waals surface area contributed by atoms with Gasteiger partial charge in [0.25, 0.3) is 0 Å². The van der Waals surface area contributed by atoms with E-state index in [2.05, 4.69) is 15.6 Å². The highest BCUT2D eigenvalue weighted by Crippen LogP contribution is 2.32. The smallest absolute Gasteiger partial charge is 0.231 e. The molecular formula is C18H21N3O4. The van der Waals surface area contributed by atoms with Gasteiger partial charge >= 0.3 is 0 Å². The fourth-order valence-electron chi connectivity index (χ4n) is 2.47. The van der Waals surface area contributed by atoms with Gasteiger partial charge in [-0.1, -0.05) is 6.07 Å². The molecule has 0 aliphatic carbocycles. The molecule has 0 spiro atoms. The molecule has 132 valence electrons. The van der Waals surface area contributed by atoms with E-state index in [1.165, 1.54) is 0 Å². The number of aromatic hydroxyl groups is 1. The topological polar surface area (TPSA) is 84.3 Å². The summed E-state index contributed by atoms with van der Waals surface area (Å²) >= 11 is 0. The number of hydrogen-bond donors (Lipinski definition) is 3. The lowest BCUT2D eigenvalue weighted by atomic mass is 10.2. The van der Waals surface area contributed by atoms with Crippen molar-refractivity contribution in [1.82, 2.24) is 10.6 Å².